The molecule has 0 aromatic heterocycles. The maximum atomic E-state index is 12.1. The van der Waals surface area contributed by atoms with Crippen LogP contribution in [-0.2, 0) is 6.42 Å². The fourth-order valence-electron chi connectivity index (χ4n) is 1.70. The molecule has 2 aromatic carbocycles. The molecule has 1 N–H and O–H groups in total. The Labute approximate surface area is 145 Å². The molecule has 0 atom stereocenters. The van der Waals surface area contributed by atoms with E-state index in [0.717, 1.165) is 21.0 Å². The molecule has 1 amide bonds. The maximum Gasteiger partial charge on any atom is 0.255 e. The molecule has 0 aliphatic carbocycles. The zero-order valence-electron chi connectivity index (χ0n) is 10.5. The minimum absolute atomic E-state index is 0.156. The van der Waals surface area contributed by atoms with Crippen LogP contribution in [0.3, 0.4) is 0 Å². The summed E-state index contributed by atoms with van der Waals surface area (Å²) in [5.74, 6) is -0.156. The van der Waals surface area contributed by atoms with Crippen molar-refractivity contribution in [3.05, 3.63) is 62.2 Å². The Kier molecular flexibility index (Phi) is 5.86. The van der Waals surface area contributed by atoms with Gasteiger partial charge in [-0.2, -0.15) is 0 Å². The number of carbonyl (C=O) groups excluding carboxylic acids is 1. The van der Waals surface area contributed by atoms with Crippen molar-refractivity contribution in [2.75, 3.05) is 10.6 Å². The van der Waals surface area contributed by atoms with Gasteiger partial charge >= 0.3 is 0 Å². The van der Waals surface area contributed by atoms with Gasteiger partial charge in [0.15, 0.2) is 0 Å². The zero-order valence-corrected chi connectivity index (χ0v) is 15.0. The SMILES string of the molecule is O=C(Nc1ccc(CCBr)cc1)c1ccc(I)c(Cl)c1. The zero-order chi connectivity index (χ0) is 14.5. The molecule has 104 valence electrons. The Morgan fingerprint density at radius 1 is 1.20 bits per heavy atom. The summed E-state index contributed by atoms with van der Waals surface area (Å²) in [6.45, 7) is 0. The number of rotatable bonds is 4. The van der Waals surface area contributed by atoms with Crippen LogP contribution in [0.15, 0.2) is 42.5 Å². The van der Waals surface area contributed by atoms with Crippen LogP contribution in [0.5, 0.6) is 0 Å². The molecule has 0 spiro atoms. The lowest BCUT2D eigenvalue weighted by Crippen LogP contribution is -2.11. The third-order valence-electron chi connectivity index (χ3n) is 2.78. The number of alkyl halides is 1. The van der Waals surface area contributed by atoms with Crippen molar-refractivity contribution in [3.8, 4) is 0 Å². The van der Waals surface area contributed by atoms with Crippen molar-refractivity contribution in [2.24, 2.45) is 0 Å². The van der Waals surface area contributed by atoms with Gasteiger partial charge in [0.25, 0.3) is 5.91 Å². The summed E-state index contributed by atoms with van der Waals surface area (Å²) in [7, 11) is 0. The van der Waals surface area contributed by atoms with E-state index in [0.29, 0.717) is 10.6 Å². The van der Waals surface area contributed by atoms with Crippen molar-refractivity contribution >= 4 is 61.7 Å². The number of carbonyl (C=O) groups is 1. The van der Waals surface area contributed by atoms with Gasteiger partial charge in [0.1, 0.15) is 0 Å². The highest BCUT2D eigenvalue weighted by atomic mass is 127. The number of benzene rings is 2. The van der Waals surface area contributed by atoms with Gasteiger partial charge in [-0.15, -0.1) is 0 Å². The molecule has 2 aromatic rings. The van der Waals surface area contributed by atoms with E-state index in [1.807, 2.05) is 30.3 Å². The summed E-state index contributed by atoms with van der Waals surface area (Å²) in [6, 6.07) is 13.1. The van der Waals surface area contributed by atoms with Crippen LogP contribution in [0.2, 0.25) is 5.02 Å². The Balaban J connectivity index is 2.08. The predicted octanol–water partition coefficient (Wildman–Crippen LogP) is 5.13. The van der Waals surface area contributed by atoms with Crippen molar-refractivity contribution in [3.63, 3.8) is 0 Å². The summed E-state index contributed by atoms with van der Waals surface area (Å²) in [6.07, 6.45) is 0.973. The van der Waals surface area contributed by atoms with E-state index >= 15 is 0 Å². The summed E-state index contributed by atoms with van der Waals surface area (Å²) in [4.78, 5) is 12.1. The second-order valence-electron chi connectivity index (χ2n) is 4.22. The van der Waals surface area contributed by atoms with Crippen LogP contribution in [0.4, 0.5) is 5.69 Å². The van der Waals surface area contributed by atoms with Crippen LogP contribution in [-0.4, -0.2) is 11.2 Å². The molecule has 0 aliphatic heterocycles. The highest BCUT2D eigenvalue weighted by molar-refractivity contribution is 14.1. The average molecular weight is 465 g/mol. The first-order chi connectivity index (χ1) is 9.60. The molecule has 20 heavy (non-hydrogen) atoms. The Morgan fingerprint density at radius 2 is 1.90 bits per heavy atom. The lowest BCUT2D eigenvalue weighted by molar-refractivity contribution is 0.102. The van der Waals surface area contributed by atoms with Gasteiger partial charge in [0, 0.05) is 20.2 Å². The summed E-state index contributed by atoms with van der Waals surface area (Å²) in [5, 5.41) is 4.38. The first-order valence-corrected chi connectivity index (χ1v) is 8.59. The van der Waals surface area contributed by atoms with E-state index in [-0.39, 0.29) is 5.91 Å². The molecular weight excluding hydrogens is 452 g/mol. The van der Waals surface area contributed by atoms with Crippen molar-refractivity contribution in [1.82, 2.24) is 0 Å². The fraction of sp³-hybridized carbons (Fsp3) is 0.133. The van der Waals surface area contributed by atoms with E-state index in [9.17, 15) is 4.79 Å². The number of hydrogen-bond acceptors (Lipinski definition) is 1. The number of anilines is 1. The molecule has 5 heteroatoms. The van der Waals surface area contributed by atoms with Crippen molar-refractivity contribution in [2.45, 2.75) is 6.42 Å². The molecule has 0 saturated carbocycles. The first-order valence-electron chi connectivity index (χ1n) is 6.01. The molecule has 0 saturated heterocycles. The monoisotopic (exact) mass is 463 g/mol. The van der Waals surface area contributed by atoms with E-state index in [1.54, 1.807) is 12.1 Å². The molecule has 0 radical (unpaired) electrons. The summed E-state index contributed by atoms with van der Waals surface area (Å²) in [5.41, 5.74) is 2.57. The Hall–Kier alpha value is -0.590. The Morgan fingerprint density at radius 3 is 2.50 bits per heavy atom. The molecule has 0 fully saturated rings. The minimum Gasteiger partial charge on any atom is -0.322 e. The number of amides is 1. The van der Waals surface area contributed by atoms with Crippen LogP contribution < -0.4 is 5.32 Å². The molecule has 0 unspecified atom stereocenters. The van der Waals surface area contributed by atoms with E-state index in [4.69, 9.17) is 11.6 Å². The minimum atomic E-state index is -0.156. The van der Waals surface area contributed by atoms with Crippen molar-refractivity contribution < 1.29 is 4.79 Å². The summed E-state index contributed by atoms with van der Waals surface area (Å²) >= 11 is 11.6. The number of halogens is 3. The van der Waals surface area contributed by atoms with Crippen LogP contribution in [0.1, 0.15) is 15.9 Å². The maximum absolute atomic E-state index is 12.1. The van der Waals surface area contributed by atoms with Gasteiger partial charge in [-0.05, 0) is 64.9 Å². The average Bonchev–Trinajstić information content (AvgIpc) is 2.44. The third kappa shape index (κ3) is 4.20. The molecule has 0 aliphatic rings. The van der Waals surface area contributed by atoms with Gasteiger partial charge in [-0.25, -0.2) is 0 Å². The van der Waals surface area contributed by atoms with Crippen molar-refractivity contribution in [1.29, 1.82) is 0 Å². The predicted molar refractivity (Wildman–Crippen MR) is 96.1 cm³/mol. The Bertz CT molecular complexity index is 616. The second-order valence-corrected chi connectivity index (χ2v) is 6.58. The van der Waals surface area contributed by atoms with Crippen LogP contribution >= 0.6 is 50.1 Å². The standard InChI is InChI=1S/C15H12BrClINO/c16-8-7-10-1-4-12(5-2-10)19-15(20)11-3-6-14(18)13(17)9-11/h1-6,9H,7-8H2,(H,19,20). The van der Waals surface area contributed by atoms with Gasteiger partial charge in [-0.1, -0.05) is 39.7 Å². The largest absolute Gasteiger partial charge is 0.322 e. The van der Waals surface area contributed by atoms with Crippen LogP contribution in [0.25, 0.3) is 0 Å². The van der Waals surface area contributed by atoms with E-state index < -0.39 is 0 Å². The fourth-order valence-corrected chi connectivity index (χ4v) is 2.68. The van der Waals surface area contributed by atoms with Gasteiger partial charge in [0.05, 0.1) is 5.02 Å². The molecule has 2 rings (SSSR count). The smallest absolute Gasteiger partial charge is 0.255 e. The van der Waals surface area contributed by atoms with E-state index in [2.05, 4.69) is 43.8 Å². The molecule has 0 bridgehead atoms. The number of nitrogens with one attached hydrogen (secondary N) is 1. The molecular formula is C15H12BrClINO. The van der Waals surface area contributed by atoms with Crippen LogP contribution in [0, 0.1) is 3.57 Å². The number of hydrogen-bond donors (Lipinski definition) is 1. The highest BCUT2D eigenvalue weighted by Crippen LogP contribution is 2.20. The molecule has 0 heterocycles. The molecule has 2 nitrogen and oxygen atoms in total. The quantitative estimate of drug-likeness (QED) is 0.493. The third-order valence-corrected chi connectivity index (χ3v) is 4.75. The normalized spacial score (nSPS) is 10.3. The summed E-state index contributed by atoms with van der Waals surface area (Å²) < 4.78 is 0.931. The lowest BCUT2D eigenvalue weighted by atomic mass is 10.1. The number of aryl methyl sites for hydroxylation is 1. The van der Waals surface area contributed by atoms with Gasteiger partial charge in [-0.3, -0.25) is 4.79 Å². The highest BCUT2D eigenvalue weighted by Gasteiger charge is 2.08. The topological polar surface area (TPSA) is 29.1 Å². The van der Waals surface area contributed by atoms with Gasteiger partial charge in [0.2, 0.25) is 0 Å². The second kappa shape index (κ2) is 7.43. The lowest BCUT2D eigenvalue weighted by Gasteiger charge is -2.07. The van der Waals surface area contributed by atoms with Gasteiger partial charge < -0.3 is 5.32 Å². The first kappa shape index (κ1) is 15.8. The van der Waals surface area contributed by atoms with E-state index in [1.165, 1.54) is 5.56 Å².